The fourth-order valence-corrected chi connectivity index (χ4v) is 4.21. The van der Waals surface area contributed by atoms with Crippen LogP contribution in [0.5, 0.6) is 0 Å². The van der Waals surface area contributed by atoms with Gasteiger partial charge in [-0.1, -0.05) is 18.2 Å². The average molecular weight is 350 g/mol. The molecule has 3 aromatic heterocycles. The van der Waals surface area contributed by atoms with Gasteiger partial charge in [0.15, 0.2) is 0 Å². The number of nitrogens with zero attached hydrogens (tertiary/aromatic N) is 3. The zero-order chi connectivity index (χ0) is 17.7. The van der Waals surface area contributed by atoms with Crippen molar-refractivity contribution in [3.8, 4) is 17.1 Å². The summed E-state index contributed by atoms with van der Waals surface area (Å²) in [5.41, 5.74) is 4.58. The highest BCUT2D eigenvalue weighted by atomic mass is 32.1. The SMILES string of the molecule is Cc1nn(-c2ccccc2)c(C)c1-c1nc2sc(C)c(C)c2c(=O)[nH]1. The van der Waals surface area contributed by atoms with Gasteiger partial charge in [-0.15, -0.1) is 11.3 Å². The first kappa shape index (κ1) is 15.8. The summed E-state index contributed by atoms with van der Waals surface area (Å²) in [6.07, 6.45) is 0. The molecule has 1 N–H and O–H groups in total. The molecule has 0 atom stereocenters. The number of aromatic amines is 1. The zero-order valence-electron chi connectivity index (χ0n) is 14.5. The molecule has 6 heteroatoms. The fraction of sp³-hybridized carbons (Fsp3) is 0.211. The summed E-state index contributed by atoms with van der Waals surface area (Å²) in [5.74, 6) is 0.580. The van der Waals surface area contributed by atoms with Gasteiger partial charge in [0.1, 0.15) is 10.7 Å². The van der Waals surface area contributed by atoms with Crippen LogP contribution in [0.25, 0.3) is 27.3 Å². The van der Waals surface area contributed by atoms with E-state index in [9.17, 15) is 4.79 Å². The van der Waals surface area contributed by atoms with E-state index in [2.05, 4.69) is 10.1 Å². The molecule has 0 saturated heterocycles. The lowest BCUT2D eigenvalue weighted by Gasteiger charge is -2.05. The number of fused-ring (bicyclic) bond motifs is 1. The molecule has 0 radical (unpaired) electrons. The lowest BCUT2D eigenvalue weighted by atomic mass is 10.1. The van der Waals surface area contributed by atoms with Crippen molar-refractivity contribution in [2.24, 2.45) is 0 Å². The molecule has 3 heterocycles. The number of hydrogen-bond donors (Lipinski definition) is 1. The van der Waals surface area contributed by atoms with Crippen LogP contribution in [0.15, 0.2) is 35.1 Å². The largest absolute Gasteiger partial charge is 0.306 e. The van der Waals surface area contributed by atoms with Crippen LogP contribution in [0.1, 0.15) is 21.8 Å². The predicted octanol–water partition coefficient (Wildman–Crippen LogP) is 4.07. The van der Waals surface area contributed by atoms with Gasteiger partial charge in [0.25, 0.3) is 5.56 Å². The highest BCUT2D eigenvalue weighted by molar-refractivity contribution is 7.18. The van der Waals surface area contributed by atoms with E-state index in [1.807, 2.05) is 62.7 Å². The molecule has 5 nitrogen and oxygen atoms in total. The third kappa shape index (κ3) is 2.41. The van der Waals surface area contributed by atoms with Gasteiger partial charge in [-0.2, -0.15) is 5.10 Å². The second kappa shape index (κ2) is 5.67. The molecule has 0 aliphatic rings. The Morgan fingerprint density at radius 2 is 1.80 bits per heavy atom. The van der Waals surface area contributed by atoms with Gasteiger partial charge in [-0.05, 0) is 45.4 Å². The Balaban J connectivity index is 1.96. The Hall–Kier alpha value is -2.73. The van der Waals surface area contributed by atoms with Gasteiger partial charge in [0.2, 0.25) is 0 Å². The molecule has 0 amide bonds. The fourth-order valence-electron chi connectivity index (χ4n) is 3.18. The van der Waals surface area contributed by atoms with Crippen LogP contribution in [0.2, 0.25) is 0 Å². The maximum atomic E-state index is 12.6. The molecule has 4 aromatic rings. The third-order valence-corrected chi connectivity index (χ3v) is 5.67. The normalized spacial score (nSPS) is 11.4. The van der Waals surface area contributed by atoms with E-state index < -0.39 is 0 Å². The van der Waals surface area contributed by atoms with Gasteiger partial charge >= 0.3 is 0 Å². The summed E-state index contributed by atoms with van der Waals surface area (Å²) in [7, 11) is 0. The van der Waals surface area contributed by atoms with Crippen molar-refractivity contribution in [3.63, 3.8) is 0 Å². The minimum absolute atomic E-state index is 0.0897. The van der Waals surface area contributed by atoms with Crippen molar-refractivity contribution < 1.29 is 0 Å². The van der Waals surface area contributed by atoms with Crippen molar-refractivity contribution in [3.05, 3.63) is 62.5 Å². The maximum absolute atomic E-state index is 12.6. The summed E-state index contributed by atoms with van der Waals surface area (Å²) in [5, 5.41) is 5.34. The Labute approximate surface area is 149 Å². The summed E-state index contributed by atoms with van der Waals surface area (Å²) in [6, 6.07) is 9.96. The monoisotopic (exact) mass is 350 g/mol. The molecule has 0 fully saturated rings. The first-order chi connectivity index (χ1) is 12.0. The molecule has 126 valence electrons. The minimum atomic E-state index is -0.0897. The van der Waals surface area contributed by atoms with Crippen molar-refractivity contribution >= 4 is 21.6 Å². The van der Waals surface area contributed by atoms with E-state index in [0.717, 1.165) is 37.9 Å². The molecule has 0 saturated carbocycles. The smallest absolute Gasteiger partial charge is 0.260 e. The standard InChI is InChI=1S/C19H18N4OS/c1-10-13(4)25-19-15(10)18(24)20-17(21-19)16-11(2)22-23(12(16)3)14-8-6-5-7-9-14/h5-9H,1-4H3,(H,20,21,24). The molecule has 0 spiro atoms. The zero-order valence-corrected chi connectivity index (χ0v) is 15.4. The second-order valence-electron chi connectivity index (χ2n) is 6.17. The average Bonchev–Trinajstić information content (AvgIpc) is 3.04. The molecular formula is C19H18N4OS. The first-order valence-electron chi connectivity index (χ1n) is 8.09. The summed E-state index contributed by atoms with van der Waals surface area (Å²) < 4.78 is 1.89. The number of rotatable bonds is 2. The van der Waals surface area contributed by atoms with Crippen molar-refractivity contribution in [2.75, 3.05) is 0 Å². The van der Waals surface area contributed by atoms with Crippen LogP contribution in [0, 0.1) is 27.7 Å². The highest BCUT2D eigenvalue weighted by Crippen LogP contribution is 2.30. The highest BCUT2D eigenvalue weighted by Gasteiger charge is 2.19. The number of hydrogen-bond acceptors (Lipinski definition) is 4. The number of aryl methyl sites for hydroxylation is 3. The Morgan fingerprint density at radius 1 is 1.08 bits per heavy atom. The Bertz CT molecular complexity index is 1150. The molecule has 0 bridgehead atoms. The molecule has 0 aliphatic heterocycles. The lowest BCUT2D eigenvalue weighted by molar-refractivity contribution is 0.833. The van der Waals surface area contributed by atoms with E-state index in [1.165, 1.54) is 0 Å². The topological polar surface area (TPSA) is 63.6 Å². The molecule has 25 heavy (non-hydrogen) atoms. The van der Waals surface area contributed by atoms with Crippen LogP contribution < -0.4 is 5.56 Å². The number of benzene rings is 1. The molecular weight excluding hydrogens is 332 g/mol. The van der Waals surface area contributed by atoms with Gasteiger partial charge in [0.05, 0.1) is 28.0 Å². The number of para-hydroxylation sites is 1. The van der Waals surface area contributed by atoms with Gasteiger partial charge in [0, 0.05) is 4.88 Å². The maximum Gasteiger partial charge on any atom is 0.260 e. The Morgan fingerprint density at radius 3 is 2.52 bits per heavy atom. The van der Waals surface area contributed by atoms with Crippen molar-refractivity contribution in [2.45, 2.75) is 27.7 Å². The summed E-state index contributed by atoms with van der Waals surface area (Å²) in [6.45, 7) is 7.92. The molecule has 1 aromatic carbocycles. The quantitative estimate of drug-likeness (QED) is 0.593. The summed E-state index contributed by atoms with van der Waals surface area (Å²) in [4.78, 5) is 22.2. The first-order valence-corrected chi connectivity index (χ1v) is 8.91. The van der Waals surface area contributed by atoms with Crippen LogP contribution >= 0.6 is 11.3 Å². The Kier molecular flexibility index (Phi) is 3.58. The van der Waals surface area contributed by atoms with Crippen LogP contribution in [-0.4, -0.2) is 19.7 Å². The number of nitrogens with one attached hydrogen (secondary N) is 1. The lowest BCUT2D eigenvalue weighted by Crippen LogP contribution is -2.09. The second-order valence-corrected chi connectivity index (χ2v) is 7.37. The molecule has 0 unspecified atom stereocenters. The van der Waals surface area contributed by atoms with E-state index in [-0.39, 0.29) is 5.56 Å². The van der Waals surface area contributed by atoms with E-state index in [1.54, 1.807) is 11.3 Å². The van der Waals surface area contributed by atoms with Crippen LogP contribution in [0.3, 0.4) is 0 Å². The van der Waals surface area contributed by atoms with Crippen molar-refractivity contribution in [1.29, 1.82) is 0 Å². The van der Waals surface area contributed by atoms with Crippen LogP contribution in [0.4, 0.5) is 0 Å². The van der Waals surface area contributed by atoms with Gasteiger partial charge < -0.3 is 4.98 Å². The number of thiophene rings is 1. The van der Waals surface area contributed by atoms with E-state index >= 15 is 0 Å². The minimum Gasteiger partial charge on any atom is -0.306 e. The van der Waals surface area contributed by atoms with E-state index in [4.69, 9.17) is 4.98 Å². The van der Waals surface area contributed by atoms with Crippen LogP contribution in [-0.2, 0) is 0 Å². The third-order valence-electron chi connectivity index (χ3n) is 4.57. The van der Waals surface area contributed by atoms with Gasteiger partial charge in [-0.3, -0.25) is 4.79 Å². The number of H-pyrrole nitrogens is 1. The van der Waals surface area contributed by atoms with Crippen molar-refractivity contribution in [1.82, 2.24) is 19.7 Å². The predicted molar refractivity (Wildman–Crippen MR) is 102 cm³/mol. The molecule has 0 aliphatic carbocycles. The van der Waals surface area contributed by atoms with Gasteiger partial charge in [-0.25, -0.2) is 9.67 Å². The summed E-state index contributed by atoms with van der Waals surface area (Å²) >= 11 is 1.56. The molecule has 4 rings (SSSR count). The number of aromatic nitrogens is 4. The van der Waals surface area contributed by atoms with E-state index in [0.29, 0.717) is 11.2 Å².